The van der Waals surface area contributed by atoms with Crippen LogP contribution in [-0.2, 0) is 17.7 Å². The van der Waals surface area contributed by atoms with Crippen LogP contribution < -0.4 is 4.74 Å². The minimum absolute atomic E-state index is 0.207. The lowest BCUT2D eigenvalue weighted by Gasteiger charge is -2.34. The quantitative estimate of drug-likeness (QED) is 0.583. The topological polar surface area (TPSA) is 24.9 Å². The fourth-order valence-corrected chi connectivity index (χ4v) is 3.61. The smallest absolute Gasteiger partial charge is 0.123 e. The number of hydrogen-bond donors (Lipinski definition) is 0. The van der Waals surface area contributed by atoms with Gasteiger partial charge in [0.25, 0.3) is 0 Å². The van der Waals surface area contributed by atoms with Gasteiger partial charge >= 0.3 is 0 Å². The summed E-state index contributed by atoms with van der Waals surface area (Å²) in [6.07, 6.45) is 2.04. The van der Waals surface area contributed by atoms with Gasteiger partial charge in [-0.05, 0) is 36.6 Å². The first-order valence-electron chi connectivity index (χ1n) is 10.1. The molecular weight excluding hydrogens is 355 g/mol. The summed E-state index contributed by atoms with van der Waals surface area (Å²) in [5, 5.41) is 0. The van der Waals surface area contributed by atoms with Crippen molar-refractivity contribution in [3.63, 3.8) is 0 Å². The molecule has 0 saturated carbocycles. The van der Waals surface area contributed by atoms with Crippen LogP contribution in [-0.4, -0.2) is 62.8 Å². The van der Waals surface area contributed by atoms with Crippen molar-refractivity contribution in [3.8, 4) is 5.75 Å². The van der Waals surface area contributed by atoms with Gasteiger partial charge in [0.05, 0.1) is 13.7 Å². The molecular formula is C23H31FN2O2. The van der Waals surface area contributed by atoms with Gasteiger partial charge in [0, 0.05) is 51.4 Å². The molecule has 0 unspecified atom stereocenters. The van der Waals surface area contributed by atoms with Gasteiger partial charge in [0.15, 0.2) is 0 Å². The summed E-state index contributed by atoms with van der Waals surface area (Å²) in [5.74, 6) is 0.554. The van der Waals surface area contributed by atoms with E-state index in [2.05, 4.69) is 34.1 Å². The zero-order valence-electron chi connectivity index (χ0n) is 16.8. The first kappa shape index (κ1) is 20.8. The van der Waals surface area contributed by atoms with Crippen LogP contribution in [0.25, 0.3) is 0 Å². The molecule has 0 radical (unpaired) electrons. The molecule has 5 heteroatoms. The molecule has 2 aromatic carbocycles. The summed E-state index contributed by atoms with van der Waals surface area (Å²) in [4.78, 5) is 4.85. The predicted octanol–water partition coefficient (Wildman–Crippen LogP) is 3.60. The Balaban J connectivity index is 1.29. The number of piperazine rings is 1. The third kappa shape index (κ3) is 6.59. The highest BCUT2D eigenvalue weighted by Gasteiger charge is 2.18. The molecule has 4 nitrogen and oxygen atoms in total. The highest BCUT2D eigenvalue weighted by Crippen LogP contribution is 2.21. The average Bonchev–Trinajstić information content (AvgIpc) is 2.73. The summed E-state index contributed by atoms with van der Waals surface area (Å²) in [7, 11) is 1.64. The highest BCUT2D eigenvalue weighted by molar-refractivity contribution is 5.33. The number of rotatable bonds is 10. The maximum atomic E-state index is 13.5. The largest absolute Gasteiger partial charge is 0.496 e. The molecule has 0 spiro atoms. The van der Waals surface area contributed by atoms with Gasteiger partial charge in [-0.3, -0.25) is 4.90 Å². The Morgan fingerprint density at radius 1 is 0.929 bits per heavy atom. The van der Waals surface area contributed by atoms with Gasteiger partial charge in [0.1, 0.15) is 11.6 Å². The molecule has 1 aliphatic rings. The zero-order chi connectivity index (χ0) is 19.6. The molecule has 0 aromatic heterocycles. The molecule has 0 N–H and O–H groups in total. The summed E-state index contributed by atoms with van der Waals surface area (Å²) in [6, 6.07) is 15.2. The Kier molecular flexibility index (Phi) is 8.27. The van der Waals surface area contributed by atoms with Crippen molar-refractivity contribution in [1.29, 1.82) is 0 Å². The van der Waals surface area contributed by atoms with Crippen molar-refractivity contribution in [2.45, 2.75) is 19.4 Å². The van der Waals surface area contributed by atoms with Crippen LogP contribution in [0, 0.1) is 5.82 Å². The monoisotopic (exact) mass is 386 g/mol. The molecule has 0 bridgehead atoms. The third-order valence-electron chi connectivity index (χ3n) is 5.24. The van der Waals surface area contributed by atoms with Crippen molar-refractivity contribution < 1.29 is 13.9 Å². The molecule has 1 aliphatic heterocycles. The Labute approximate surface area is 167 Å². The molecule has 152 valence electrons. The minimum atomic E-state index is -0.207. The summed E-state index contributed by atoms with van der Waals surface area (Å²) in [6.45, 7) is 7.48. The lowest BCUT2D eigenvalue weighted by atomic mass is 10.1. The number of methoxy groups -OCH3 is 1. The Bertz CT molecular complexity index is 703. The van der Waals surface area contributed by atoms with Crippen LogP contribution in [0.15, 0.2) is 48.5 Å². The van der Waals surface area contributed by atoms with E-state index in [1.165, 1.54) is 11.6 Å². The molecule has 0 amide bonds. The summed E-state index contributed by atoms with van der Waals surface area (Å²) < 4.78 is 24.7. The standard InChI is InChI=1S/C23H31FN2O2/c1-27-23-9-8-22(24)18-21(23)19-26-14-12-25(13-15-26)11-5-16-28-17-10-20-6-3-2-4-7-20/h2-4,6-9,18H,5,10-17,19H2,1H3. The van der Waals surface area contributed by atoms with Crippen molar-refractivity contribution in [2.75, 3.05) is 53.0 Å². The van der Waals surface area contributed by atoms with Crippen molar-refractivity contribution in [1.82, 2.24) is 9.80 Å². The van der Waals surface area contributed by atoms with Gasteiger partial charge in [0.2, 0.25) is 0 Å². The molecule has 0 aliphatic carbocycles. The van der Waals surface area contributed by atoms with Crippen molar-refractivity contribution >= 4 is 0 Å². The van der Waals surface area contributed by atoms with E-state index in [9.17, 15) is 4.39 Å². The number of nitrogens with zero attached hydrogens (tertiary/aromatic N) is 2. The molecule has 1 fully saturated rings. The molecule has 28 heavy (non-hydrogen) atoms. The summed E-state index contributed by atoms with van der Waals surface area (Å²) >= 11 is 0. The van der Waals surface area contributed by atoms with Crippen LogP contribution in [0.2, 0.25) is 0 Å². The average molecular weight is 387 g/mol. The lowest BCUT2D eigenvalue weighted by molar-refractivity contribution is 0.0976. The van der Waals surface area contributed by atoms with Gasteiger partial charge < -0.3 is 14.4 Å². The van der Waals surface area contributed by atoms with Crippen LogP contribution in [0.4, 0.5) is 4.39 Å². The normalized spacial score (nSPS) is 15.6. The van der Waals surface area contributed by atoms with Crippen LogP contribution in [0.1, 0.15) is 17.5 Å². The number of benzene rings is 2. The third-order valence-corrected chi connectivity index (χ3v) is 5.24. The summed E-state index contributed by atoms with van der Waals surface area (Å²) in [5.41, 5.74) is 2.25. The first-order valence-corrected chi connectivity index (χ1v) is 10.1. The molecule has 1 saturated heterocycles. The van der Waals surface area contributed by atoms with Crippen molar-refractivity contribution in [2.24, 2.45) is 0 Å². The molecule has 0 atom stereocenters. The van der Waals surface area contributed by atoms with E-state index in [4.69, 9.17) is 9.47 Å². The van der Waals surface area contributed by atoms with Gasteiger partial charge in [-0.15, -0.1) is 0 Å². The van der Waals surface area contributed by atoms with E-state index < -0.39 is 0 Å². The van der Waals surface area contributed by atoms with Gasteiger partial charge in [-0.1, -0.05) is 30.3 Å². The van der Waals surface area contributed by atoms with E-state index >= 15 is 0 Å². The van der Waals surface area contributed by atoms with E-state index in [0.717, 1.165) is 76.6 Å². The second-order valence-electron chi connectivity index (χ2n) is 7.28. The SMILES string of the molecule is COc1ccc(F)cc1CN1CCN(CCCOCCc2ccccc2)CC1. The number of hydrogen-bond acceptors (Lipinski definition) is 4. The number of halogens is 1. The Hall–Kier alpha value is -1.95. The minimum Gasteiger partial charge on any atom is -0.496 e. The van der Waals surface area contributed by atoms with E-state index in [1.807, 2.05) is 6.07 Å². The van der Waals surface area contributed by atoms with E-state index in [-0.39, 0.29) is 5.82 Å². The fourth-order valence-electron chi connectivity index (χ4n) is 3.61. The van der Waals surface area contributed by atoms with Crippen molar-refractivity contribution in [3.05, 3.63) is 65.5 Å². The fraction of sp³-hybridized carbons (Fsp3) is 0.478. The van der Waals surface area contributed by atoms with E-state index in [0.29, 0.717) is 0 Å². The predicted molar refractivity (Wildman–Crippen MR) is 110 cm³/mol. The maximum Gasteiger partial charge on any atom is 0.123 e. The Morgan fingerprint density at radius 3 is 2.43 bits per heavy atom. The van der Waals surface area contributed by atoms with Gasteiger partial charge in [-0.2, -0.15) is 0 Å². The maximum absolute atomic E-state index is 13.5. The highest BCUT2D eigenvalue weighted by atomic mass is 19.1. The van der Waals surface area contributed by atoms with Gasteiger partial charge in [-0.25, -0.2) is 4.39 Å². The second-order valence-corrected chi connectivity index (χ2v) is 7.28. The molecule has 1 heterocycles. The molecule has 2 aromatic rings. The Morgan fingerprint density at radius 2 is 1.68 bits per heavy atom. The first-order chi connectivity index (χ1) is 13.7. The van der Waals surface area contributed by atoms with Crippen LogP contribution in [0.5, 0.6) is 5.75 Å². The molecule has 3 rings (SSSR count). The van der Waals surface area contributed by atoms with Crippen LogP contribution in [0.3, 0.4) is 0 Å². The van der Waals surface area contributed by atoms with E-state index in [1.54, 1.807) is 19.2 Å². The number of ether oxygens (including phenoxy) is 2. The van der Waals surface area contributed by atoms with Crippen LogP contribution >= 0.6 is 0 Å². The second kappa shape index (κ2) is 11.1. The lowest BCUT2D eigenvalue weighted by Crippen LogP contribution is -2.46. The zero-order valence-corrected chi connectivity index (χ0v) is 16.8.